The second-order valence-electron chi connectivity index (χ2n) is 4.95. The summed E-state index contributed by atoms with van der Waals surface area (Å²) in [7, 11) is 0. The van der Waals surface area contributed by atoms with Crippen LogP contribution < -0.4 is 10.6 Å². The lowest BCUT2D eigenvalue weighted by molar-refractivity contribution is -0.159. The van der Waals surface area contributed by atoms with Crippen molar-refractivity contribution in [2.45, 2.75) is 32.3 Å². The number of β-amino-alcohol motifs (C(OH)–C–C–N with tert-alkyl or cyclic N) is 1. The molecule has 9 nitrogen and oxygen atoms in total. The Labute approximate surface area is 131 Å². The number of hydrogen-bond donors (Lipinski definition) is 4. The van der Waals surface area contributed by atoms with E-state index < -0.39 is 17.5 Å². The zero-order chi connectivity index (χ0) is 16.8. The fourth-order valence-corrected chi connectivity index (χ4v) is 3.24. The first kappa shape index (κ1) is 18.1. The van der Waals surface area contributed by atoms with Crippen molar-refractivity contribution in [1.82, 2.24) is 10.2 Å². The van der Waals surface area contributed by atoms with Crippen LogP contribution in [-0.4, -0.2) is 57.2 Å². The largest absolute Gasteiger partial charge is 0.483 e. The molecule has 1 aliphatic rings. The molecule has 2 heterocycles. The lowest BCUT2D eigenvalue weighted by atomic mass is 9.73. The average Bonchev–Trinajstić information content (AvgIpc) is 2.88. The SMILES string of the molecule is CCC[C@]1(C(=O)O)CCN(c2nnc(N)s2)C[C@@H]1O.O=CO. The Morgan fingerprint density at radius 2 is 2.23 bits per heavy atom. The number of nitrogens with two attached hydrogens (primary N) is 1. The maximum atomic E-state index is 11.5. The molecule has 0 radical (unpaired) electrons. The Kier molecular flexibility index (Phi) is 6.50. The van der Waals surface area contributed by atoms with Gasteiger partial charge >= 0.3 is 5.97 Å². The molecular formula is C12H20N4O5S. The highest BCUT2D eigenvalue weighted by atomic mass is 32.1. The molecule has 0 aliphatic carbocycles. The predicted molar refractivity (Wildman–Crippen MR) is 80.8 cm³/mol. The molecule has 22 heavy (non-hydrogen) atoms. The number of carbonyl (C=O) groups is 2. The van der Waals surface area contributed by atoms with Crippen molar-refractivity contribution >= 4 is 34.0 Å². The standard InChI is InChI=1S/C11H18N4O3S.CH2O2/c1-2-3-11(8(17)18)4-5-15(6-7(11)16)10-14-13-9(12)19-10;2-1-3/h7,16H,2-6H2,1H3,(H2,12,13)(H,17,18);1H,(H,2,3)/t7-,11-;/m0./s1. The predicted octanol–water partition coefficient (Wildman–Crippen LogP) is 0.263. The maximum Gasteiger partial charge on any atom is 0.312 e. The molecule has 10 heteroatoms. The van der Waals surface area contributed by atoms with Crippen molar-refractivity contribution in [3.8, 4) is 0 Å². The Bertz CT molecular complexity index is 511. The number of rotatable bonds is 4. The van der Waals surface area contributed by atoms with Crippen LogP contribution in [0.25, 0.3) is 0 Å². The van der Waals surface area contributed by atoms with E-state index in [0.29, 0.717) is 29.6 Å². The number of aliphatic hydroxyl groups excluding tert-OH is 1. The molecule has 1 aromatic rings. The van der Waals surface area contributed by atoms with E-state index >= 15 is 0 Å². The molecule has 2 rings (SSSR count). The van der Waals surface area contributed by atoms with Gasteiger partial charge in [-0.25, -0.2) is 0 Å². The third-order valence-corrected chi connectivity index (χ3v) is 4.49. The summed E-state index contributed by atoms with van der Waals surface area (Å²) >= 11 is 1.24. The van der Waals surface area contributed by atoms with E-state index in [1.165, 1.54) is 11.3 Å². The molecule has 0 unspecified atom stereocenters. The first-order valence-corrected chi connectivity index (χ1v) is 7.56. The van der Waals surface area contributed by atoms with Gasteiger partial charge in [0.05, 0.1) is 11.5 Å². The van der Waals surface area contributed by atoms with Gasteiger partial charge in [0.15, 0.2) is 0 Å². The Balaban J connectivity index is 0.000000745. The van der Waals surface area contributed by atoms with Gasteiger partial charge in [-0.3, -0.25) is 9.59 Å². The highest BCUT2D eigenvalue weighted by Crippen LogP contribution is 2.38. The van der Waals surface area contributed by atoms with Crippen LogP contribution in [0.5, 0.6) is 0 Å². The number of piperidine rings is 1. The molecule has 1 aliphatic heterocycles. The topological polar surface area (TPSA) is 150 Å². The summed E-state index contributed by atoms with van der Waals surface area (Å²) in [5.41, 5.74) is 4.49. The van der Waals surface area contributed by atoms with Gasteiger partial charge in [-0.15, -0.1) is 10.2 Å². The smallest absolute Gasteiger partial charge is 0.312 e. The number of hydrogen-bond acceptors (Lipinski definition) is 8. The van der Waals surface area contributed by atoms with Crippen LogP contribution in [0.15, 0.2) is 0 Å². The normalized spacial score (nSPS) is 24.3. The molecule has 1 fully saturated rings. The lowest BCUT2D eigenvalue weighted by Crippen LogP contribution is -2.54. The van der Waals surface area contributed by atoms with Crippen LogP contribution in [-0.2, 0) is 9.59 Å². The van der Waals surface area contributed by atoms with Gasteiger partial charge in [-0.1, -0.05) is 24.7 Å². The molecule has 0 spiro atoms. The Hall–Kier alpha value is -1.94. The van der Waals surface area contributed by atoms with Crippen molar-refractivity contribution in [2.24, 2.45) is 5.41 Å². The second-order valence-corrected chi connectivity index (χ2v) is 5.94. The number of nitrogen functional groups attached to an aromatic ring is 1. The summed E-state index contributed by atoms with van der Waals surface area (Å²) in [6, 6.07) is 0. The number of nitrogens with zero attached hydrogens (tertiary/aromatic N) is 3. The summed E-state index contributed by atoms with van der Waals surface area (Å²) in [6.45, 7) is 2.47. The quantitative estimate of drug-likeness (QED) is 0.569. The zero-order valence-electron chi connectivity index (χ0n) is 12.2. The van der Waals surface area contributed by atoms with Gasteiger partial charge in [-0.05, 0) is 12.8 Å². The highest BCUT2D eigenvalue weighted by Gasteiger charge is 2.48. The third-order valence-electron chi connectivity index (χ3n) is 3.68. The molecule has 0 aromatic carbocycles. The summed E-state index contributed by atoms with van der Waals surface area (Å²) in [6.07, 6.45) is 0.700. The van der Waals surface area contributed by atoms with Gasteiger partial charge in [0, 0.05) is 13.1 Å². The van der Waals surface area contributed by atoms with Gasteiger partial charge in [0.1, 0.15) is 0 Å². The van der Waals surface area contributed by atoms with E-state index in [9.17, 15) is 15.0 Å². The van der Waals surface area contributed by atoms with Crippen LogP contribution in [0.1, 0.15) is 26.2 Å². The lowest BCUT2D eigenvalue weighted by Gasteiger charge is -2.42. The van der Waals surface area contributed by atoms with E-state index in [1.807, 2.05) is 11.8 Å². The Morgan fingerprint density at radius 1 is 1.59 bits per heavy atom. The van der Waals surface area contributed by atoms with E-state index in [1.54, 1.807) is 0 Å². The van der Waals surface area contributed by atoms with Crippen molar-refractivity contribution < 1.29 is 24.9 Å². The molecule has 1 saturated heterocycles. The van der Waals surface area contributed by atoms with E-state index in [-0.39, 0.29) is 13.0 Å². The Morgan fingerprint density at radius 3 is 2.64 bits per heavy atom. The van der Waals surface area contributed by atoms with Crippen LogP contribution in [0.3, 0.4) is 0 Å². The maximum absolute atomic E-state index is 11.5. The summed E-state index contributed by atoms with van der Waals surface area (Å²) < 4.78 is 0. The summed E-state index contributed by atoms with van der Waals surface area (Å²) in [5.74, 6) is -0.918. The monoisotopic (exact) mass is 332 g/mol. The van der Waals surface area contributed by atoms with Crippen LogP contribution in [0.4, 0.5) is 10.3 Å². The van der Waals surface area contributed by atoms with Crippen LogP contribution in [0, 0.1) is 5.41 Å². The number of carboxylic acids is 1. The first-order valence-electron chi connectivity index (χ1n) is 6.74. The van der Waals surface area contributed by atoms with Gasteiger partial charge < -0.3 is 26.0 Å². The molecule has 1 aromatic heterocycles. The van der Waals surface area contributed by atoms with Crippen molar-refractivity contribution in [2.75, 3.05) is 23.7 Å². The number of aliphatic carboxylic acids is 1. The van der Waals surface area contributed by atoms with Gasteiger partial charge in [0.2, 0.25) is 10.3 Å². The molecule has 0 bridgehead atoms. The van der Waals surface area contributed by atoms with E-state index in [4.69, 9.17) is 15.6 Å². The van der Waals surface area contributed by atoms with Gasteiger partial charge in [0.25, 0.3) is 6.47 Å². The fraction of sp³-hybridized carbons (Fsp3) is 0.667. The number of aromatic nitrogens is 2. The van der Waals surface area contributed by atoms with Crippen LogP contribution in [0.2, 0.25) is 0 Å². The van der Waals surface area contributed by atoms with Crippen molar-refractivity contribution in [1.29, 1.82) is 0 Å². The van der Waals surface area contributed by atoms with E-state index in [2.05, 4.69) is 10.2 Å². The third kappa shape index (κ3) is 3.83. The molecule has 0 saturated carbocycles. The fourth-order valence-electron chi connectivity index (χ4n) is 2.60. The van der Waals surface area contributed by atoms with E-state index in [0.717, 1.165) is 6.42 Å². The molecule has 124 valence electrons. The van der Waals surface area contributed by atoms with Crippen LogP contribution >= 0.6 is 11.3 Å². The molecular weight excluding hydrogens is 312 g/mol. The van der Waals surface area contributed by atoms with Crippen molar-refractivity contribution in [3.05, 3.63) is 0 Å². The average molecular weight is 332 g/mol. The first-order chi connectivity index (χ1) is 10.4. The minimum atomic E-state index is -1.04. The number of aliphatic hydroxyl groups is 1. The molecule has 5 N–H and O–H groups in total. The highest BCUT2D eigenvalue weighted by molar-refractivity contribution is 7.18. The minimum Gasteiger partial charge on any atom is -0.483 e. The summed E-state index contributed by atoms with van der Waals surface area (Å²) in [4.78, 5) is 21.7. The second kappa shape index (κ2) is 7.90. The zero-order valence-corrected chi connectivity index (χ0v) is 13.0. The molecule has 2 atom stereocenters. The minimum absolute atomic E-state index is 0.250. The number of anilines is 2. The number of carboxylic acid groups (broad SMARTS) is 2. The molecule has 0 amide bonds. The van der Waals surface area contributed by atoms with Crippen molar-refractivity contribution in [3.63, 3.8) is 0 Å². The van der Waals surface area contributed by atoms with Gasteiger partial charge in [-0.2, -0.15) is 0 Å². The summed E-state index contributed by atoms with van der Waals surface area (Å²) in [5, 5.41) is 35.2.